The first-order valence-electron chi connectivity index (χ1n) is 8.84. The molecule has 170 valence electrons. The highest BCUT2D eigenvalue weighted by Gasteiger charge is 2.49. The Hall–Kier alpha value is -1.59. The summed E-state index contributed by atoms with van der Waals surface area (Å²) in [6.45, 7) is 10.2. The molecule has 0 saturated carbocycles. The minimum atomic E-state index is -3.83. The number of rotatable bonds is 8. The van der Waals surface area contributed by atoms with Crippen molar-refractivity contribution in [1.82, 2.24) is 5.32 Å². The van der Waals surface area contributed by atoms with E-state index in [2.05, 4.69) is 19.3 Å². The van der Waals surface area contributed by atoms with E-state index in [1.807, 2.05) is 5.32 Å². The predicted molar refractivity (Wildman–Crippen MR) is 107 cm³/mol. The van der Waals surface area contributed by atoms with Crippen molar-refractivity contribution in [2.45, 2.75) is 52.7 Å². The average Bonchev–Trinajstić information content (AvgIpc) is 2.56. The van der Waals surface area contributed by atoms with Crippen LogP contribution in [-0.4, -0.2) is 39.1 Å². The standard InChI is InChI=1S/C17H26F4N3O4PSi/c1-16(2,3)26-30(28-24-29,27-17(4,5)6)8-23-15(25)9-10(18)12(20)14(22-7)13(21)11(9)19/h22,29H,8H2,1-7H3,(H,23,25). The Balaban J connectivity index is 3.32. The maximum absolute atomic E-state index is 14.3. The summed E-state index contributed by atoms with van der Waals surface area (Å²) in [4.78, 5) is 15.8. The van der Waals surface area contributed by atoms with Crippen molar-refractivity contribution in [2.75, 3.05) is 18.5 Å². The monoisotopic (exact) mass is 471 g/mol. The molecule has 2 N–H and O–H groups in total. The Morgan fingerprint density at radius 1 is 0.967 bits per heavy atom. The molecule has 13 heteroatoms. The summed E-state index contributed by atoms with van der Waals surface area (Å²) >= 11 is 0. The van der Waals surface area contributed by atoms with E-state index in [1.165, 1.54) is 0 Å². The number of nitrogens with zero attached hydrogens (tertiary/aromatic N) is 1. The van der Waals surface area contributed by atoms with Gasteiger partial charge in [0.05, 0.1) is 17.4 Å². The van der Waals surface area contributed by atoms with E-state index < -0.39 is 66.6 Å². The minimum absolute atomic E-state index is 0.496. The van der Waals surface area contributed by atoms with Gasteiger partial charge in [0, 0.05) is 16.1 Å². The maximum atomic E-state index is 14.3. The number of halogens is 4. The van der Waals surface area contributed by atoms with Gasteiger partial charge in [-0.1, -0.05) is 0 Å². The fraction of sp³-hybridized carbons (Fsp3) is 0.588. The lowest BCUT2D eigenvalue weighted by Gasteiger charge is -2.37. The van der Waals surface area contributed by atoms with Crippen LogP contribution in [0.1, 0.15) is 51.9 Å². The van der Waals surface area contributed by atoms with Gasteiger partial charge < -0.3 is 19.5 Å². The molecule has 0 aromatic heterocycles. The lowest BCUT2D eigenvalue weighted by atomic mass is 10.1. The van der Waals surface area contributed by atoms with E-state index in [-0.39, 0.29) is 0 Å². The SMILES string of the molecule is CNc1c(F)c(F)c(C(=O)NC[Si](ON=P)(OC(C)(C)C)OC(C)(C)C)c(F)c1F. The fourth-order valence-electron chi connectivity index (χ4n) is 2.49. The van der Waals surface area contributed by atoms with Gasteiger partial charge in [-0.3, -0.25) is 4.79 Å². The fourth-order valence-corrected chi connectivity index (χ4v) is 5.62. The Labute approximate surface area is 176 Å². The van der Waals surface area contributed by atoms with Crippen LogP contribution in [0.2, 0.25) is 0 Å². The first-order chi connectivity index (χ1) is 13.6. The van der Waals surface area contributed by atoms with Gasteiger partial charge in [0.25, 0.3) is 5.91 Å². The van der Waals surface area contributed by atoms with Gasteiger partial charge in [0.2, 0.25) is 0 Å². The Morgan fingerprint density at radius 2 is 1.40 bits per heavy atom. The lowest BCUT2D eigenvalue weighted by Crippen LogP contribution is -2.60. The van der Waals surface area contributed by atoms with Crippen molar-refractivity contribution in [3.05, 3.63) is 28.8 Å². The van der Waals surface area contributed by atoms with E-state index in [4.69, 9.17) is 13.4 Å². The lowest BCUT2D eigenvalue weighted by molar-refractivity contribution is -0.0435. The average molecular weight is 471 g/mol. The van der Waals surface area contributed by atoms with Crippen LogP contribution in [0.25, 0.3) is 0 Å². The summed E-state index contributed by atoms with van der Waals surface area (Å²) in [5.74, 6) is -8.57. The molecule has 0 atom stereocenters. The van der Waals surface area contributed by atoms with Gasteiger partial charge in [-0.25, -0.2) is 22.1 Å². The largest absolute Gasteiger partial charge is 0.546 e. The zero-order chi connectivity index (χ0) is 23.5. The first-order valence-corrected chi connectivity index (χ1v) is 11.2. The van der Waals surface area contributed by atoms with E-state index >= 15 is 0 Å². The molecule has 0 fully saturated rings. The van der Waals surface area contributed by atoms with E-state index in [9.17, 15) is 22.4 Å². The molecule has 0 aliphatic carbocycles. The molecule has 1 amide bonds. The third-order valence-corrected chi connectivity index (χ3v) is 6.41. The van der Waals surface area contributed by atoms with Gasteiger partial charge in [0.15, 0.2) is 23.3 Å². The number of amides is 1. The minimum Gasteiger partial charge on any atom is -0.383 e. The van der Waals surface area contributed by atoms with Crippen LogP contribution in [0.3, 0.4) is 0 Å². The van der Waals surface area contributed by atoms with Crippen LogP contribution in [0.15, 0.2) is 4.91 Å². The summed E-state index contributed by atoms with van der Waals surface area (Å²) in [5, 5.41) is 4.18. The van der Waals surface area contributed by atoms with Gasteiger partial charge in [-0.15, -0.1) is 4.91 Å². The van der Waals surface area contributed by atoms with Crippen LogP contribution in [0, 0.1) is 23.3 Å². The smallest absolute Gasteiger partial charge is 0.383 e. The second kappa shape index (κ2) is 9.69. The molecular formula is C17H26F4N3O4PSi. The summed E-state index contributed by atoms with van der Waals surface area (Å²) in [7, 11) is 0.0463. The third kappa shape index (κ3) is 6.71. The third-order valence-electron chi connectivity index (χ3n) is 3.31. The molecule has 0 radical (unpaired) electrons. The van der Waals surface area contributed by atoms with Crippen LogP contribution in [-0.2, 0) is 13.4 Å². The van der Waals surface area contributed by atoms with Crippen LogP contribution in [0.4, 0.5) is 23.2 Å². The second-order valence-electron chi connectivity index (χ2n) is 8.23. The van der Waals surface area contributed by atoms with Crippen molar-refractivity contribution in [3.8, 4) is 0 Å². The molecule has 0 unspecified atom stereocenters. The summed E-state index contributed by atoms with van der Waals surface area (Å²) in [6, 6.07) is 0. The van der Waals surface area contributed by atoms with E-state index in [0.717, 1.165) is 7.05 Å². The molecule has 0 saturated heterocycles. The summed E-state index contributed by atoms with van der Waals surface area (Å²) in [6.07, 6.45) is -0.496. The van der Waals surface area contributed by atoms with Crippen molar-refractivity contribution in [3.63, 3.8) is 0 Å². The molecule has 0 bridgehead atoms. The number of hydrogen-bond donors (Lipinski definition) is 2. The van der Waals surface area contributed by atoms with Crippen LogP contribution in [0.5, 0.6) is 0 Å². The first kappa shape index (κ1) is 26.4. The Kier molecular flexibility index (Phi) is 8.54. The zero-order valence-corrected chi connectivity index (χ0v) is 19.8. The van der Waals surface area contributed by atoms with Gasteiger partial charge in [0.1, 0.15) is 11.3 Å². The highest BCUT2D eigenvalue weighted by molar-refractivity contribution is 7.03. The number of benzene rings is 1. The van der Waals surface area contributed by atoms with Gasteiger partial charge >= 0.3 is 8.80 Å². The molecule has 30 heavy (non-hydrogen) atoms. The molecule has 0 heterocycles. The zero-order valence-electron chi connectivity index (χ0n) is 17.8. The summed E-state index contributed by atoms with van der Waals surface area (Å²) < 4.78 is 73.6. The van der Waals surface area contributed by atoms with Crippen molar-refractivity contribution in [1.29, 1.82) is 0 Å². The van der Waals surface area contributed by atoms with Gasteiger partial charge in [-0.2, -0.15) is 0 Å². The molecule has 7 nitrogen and oxygen atoms in total. The normalized spacial score (nSPS) is 12.6. The van der Waals surface area contributed by atoms with Crippen LogP contribution < -0.4 is 10.6 Å². The number of carbonyl (C=O) groups is 1. The molecule has 1 aromatic rings. The molecular weight excluding hydrogens is 445 g/mol. The van der Waals surface area contributed by atoms with E-state index in [1.54, 1.807) is 41.5 Å². The topological polar surface area (TPSA) is 81.2 Å². The number of nitrogens with one attached hydrogen (secondary N) is 2. The quantitative estimate of drug-likeness (QED) is 0.193. The molecule has 1 rings (SSSR count). The molecule has 0 aliphatic heterocycles. The predicted octanol–water partition coefficient (Wildman–Crippen LogP) is 4.38. The summed E-state index contributed by atoms with van der Waals surface area (Å²) in [5.41, 5.74) is -4.09. The number of carbonyl (C=O) groups excluding carboxylic acids is 1. The highest BCUT2D eigenvalue weighted by atomic mass is 31.0. The highest BCUT2D eigenvalue weighted by Crippen LogP contribution is 2.29. The Morgan fingerprint density at radius 3 is 1.73 bits per heavy atom. The Bertz CT molecular complexity index is 771. The van der Waals surface area contributed by atoms with Crippen molar-refractivity contribution >= 4 is 29.4 Å². The number of anilines is 1. The molecule has 1 aromatic carbocycles. The maximum Gasteiger partial charge on any atom is 0.546 e. The van der Waals surface area contributed by atoms with Gasteiger partial charge in [-0.05, 0) is 41.5 Å². The van der Waals surface area contributed by atoms with Crippen molar-refractivity contribution < 1.29 is 35.7 Å². The number of hydrogen-bond acceptors (Lipinski definition) is 6. The molecule has 0 spiro atoms. The van der Waals surface area contributed by atoms with E-state index in [0.29, 0.717) is 0 Å². The molecule has 0 aliphatic rings. The van der Waals surface area contributed by atoms with Crippen LogP contribution >= 0.6 is 9.03 Å². The second-order valence-corrected chi connectivity index (χ2v) is 10.7. The van der Waals surface area contributed by atoms with Crippen molar-refractivity contribution in [2.24, 2.45) is 4.91 Å².